The highest BCUT2D eigenvalue weighted by molar-refractivity contribution is 4.17. The largest absolute Gasteiger partial charge is 0.329 e. The van der Waals surface area contributed by atoms with Gasteiger partial charge >= 0.3 is 0 Å². The van der Waals surface area contributed by atoms with Crippen molar-refractivity contribution in [2.24, 2.45) is 0 Å². The van der Waals surface area contributed by atoms with Crippen molar-refractivity contribution in [3.05, 3.63) is 0 Å². The average molecular weight is 202 g/mol. The molecule has 0 unspecified atom stereocenters. The van der Waals surface area contributed by atoms with Gasteiger partial charge in [0, 0.05) is 0 Å². The van der Waals surface area contributed by atoms with Gasteiger partial charge in [-0.25, -0.2) is 18.6 Å². The first kappa shape index (κ1) is 14.6. The van der Waals surface area contributed by atoms with Crippen LogP contribution in [0.4, 0.5) is 0 Å². The third-order valence-electron chi connectivity index (χ3n) is 1.71. The van der Waals surface area contributed by atoms with Gasteiger partial charge in [-0.2, -0.15) is 0 Å². The van der Waals surface area contributed by atoms with Crippen LogP contribution in [0.2, 0.25) is 0 Å². The van der Waals surface area contributed by atoms with Crippen LogP contribution in [0.3, 0.4) is 0 Å². The van der Waals surface area contributed by atoms with Gasteiger partial charge in [0.25, 0.3) is 0 Å². The predicted molar refractivity (Wildman–Crippen MR) is 33.2 cm³/mol. The Labute approximate surface area is 75.2 Å². The molecule has 12 heavy (non-hydrogen) atoms. The molecule has 76 valence electrons. The molecule has 6 heteroatoms. The Morgan fingerprint density at radius 3 is 1.08 bits per heavy atom. The summed E-state index contributed by atoms with van der Waals surface area (Å²) in [5, 5.41) is 0. The second-order valence-corrected chi connectivity index (χ2v) is 3.70. The molecule has 0 heterocycles. The topological polar surface area (TPSA) is 92.2 Å². The van der Waals surface area contributed by atoms with E-state index in [0.717, 1.165) is 4.48 Å². The normalized spacial score (nSPS) is 12.0. The third kappa shape index (κ3) is 22.5. The molecule has 0 bridgehead atoms. The second kappa shape index (κ2) is 5.69. The fourth-order valence-electron chi connectivity index (χ4n) is 0.224. The lowest BCUT2D eigenvalue weighted by molar-refractivity contribution is -2.00. The van der Waals surface area contributed by atoms with Crippen molar-refractivity contribution in [3.63, 3.8) is 0 Å². The van der Waals surface area contributed by atoms with Crippen LogP contribution >= 0.6 is 0 Å². The Bertz CT molecular complexity index is 101. The minimum atomic E-state index is -4.94. The zero-order valence-electron chi connectivity index (χ0n) is 7.87. The number of halogens is 1. The molecular weight excluding hydrogens is 186 g/mol. The Balaban J connectivity index is 0. The highest BCUT2D eigenvalue weighted by Crippen LogP contribution is 1.91. The minimum absolute atomic E-state index is 1.14. The molecule has 0 aromatic carbocycles. The van der Waals surface area contributed by atoms with Gasteiger partial charge in [0.1, 0.15) is 0 Å². The monoisotopic (exact) mass is 201 g/mol. The van der Waals surface area contributed by atoms with Crippen LogP contribution in [0.5, 0.6) is 0 Å². The van der Waals surface area contributed by atoms with Crippen molar-refractivity contribution in [1.29, 1.82) is 0 Å². The number of hydrogen-bond acceptors (Lipinski definition) is 4. The first-order chi connectivity index (χ1) is 5.12. The van der Waals surface area contributed by atoms with Crippen LogP contribution in [-0.2, 0) is 0 Å². The summed E-state index contributed by atoms with van der Waals surface area (Å²) < 4.78 is 35.1. The van der Waals surface area contributed by atoms with Gasteiger partial charge in [-0.15, -0.1) is 10.2 Å². The molecule has 0 aromatic heterocycles. The molecule has 0 fully saturated rings. The maximum atomic E-state index is 8.49. The smallest absolute Gasteiger partial charge is 0.0753 e. The summed E-state index contributed by atoms with van der Waals surface area (Å²) in [6, 6.07) is 0. The minimum Gasteiger partial charge on any atom is -0.329 e. The molecule has 0 rings (SSSR count). The molecule has 0 aromatic rings. The Hall–Kier alpha value is 0.0900. The van der Waals surface area contributed by atoms with Gasteiger partial charge < -0.3 is 4.48 Å². The molecule has 0 aliphatic carbocycles. The van der Waals surface area contributed by atoms with Gasteiger partial charge in [0.05, 0.1) is 27.2 Å². The summed E-state index contributed by atoms with van der Waals surface area (Å²) in [5.41, 5.74) is 0. The van der Waals surface area contributed by atoms with Crippen molar-refractivity contribution in [2.75, 3.05) is 27.2 Å². The van der Waals surface area contributed by atoms with E-state index >= 15 is 0 Å². The standard InChI is InChI=1S/C6H16N.ClHO4/c1-5-7(3,4)6-2;2-1(3,4)5/h5-6H2,1-4H3;(H,2,3,4,5)/q+1;/p-1. The lowest BCUT2D eigenvalue weighted by Crippen LogP contribution is -2.68. The lowest BCUT2D eigenvalue weighted by Gasteiger charge is -2.25. The van der Waals surface area contributed by atoms with Crippen molar-refractivity contribution in [3.8, 4) is 0 Å². The molecule has 0 saturated carbocycles. The molecule has 0 aliphatic heterocycles. The molecular formula is C6H16ClNO4. The highest BCUT2D eigenvalue weighted by Gasteiger charge is 2.04. The van der Waals surface area contributed by atoms with Gasteiger partial charge in [-0.3, -0.25) is 0 Å². The van der Waals surface area contributed by atoms with Crippen LogP contribution in [-0.4, -0.2) is 31.7 Å². The summed E-state index contributed by atoms with van der Waals surface area (Å²) in [6.07, 6.45) is 0. The van der Waals surface area contributed by atoms with E-state index in [1.165, 1.54) is 13.1 Å². The highest BCUT2D eigenvalue weighted by atomic mass is 35.7. The average Bonchev–Trinajstić information content (AvgIpc) is 1.85. The summed E-state index contributed by atoms with van der Waals surface area (Å²) in [6.45, 7) is 6.89. The van der Waals surface area contributed by atoms with E-state index in [9.17, 15) is 0 Å². The molecule has 0 N–H and O–H groups in total. The van der Waals surface area contributed by atoms with Gasteiger partial charge in [-0.05, 0) is 13.8 Å². The molecule has 5 nitrogen and oxygen atoms in total. The number of nitrogens with zero attached hydrogens (tertiary/aromatic N) is 1. The number of hydrogen-bond donors (Lipinski definition) is 0. The Kier molecular flexibility index (Phi) is 6.92. The van der Waals surface area contributed by atoms with Crippen LogP contribution in [0.15, 0.2) is 0 Å². The van der Waals surface area contributed by atoms with Gasteiger partial charge in [-0.1, -0.05) is 0 Å². The molecule has 0 aliphatic rings. The fourth-order valence-corrected chi connectivity index (χ4v) is 0.224. The van der Waals surface area contributed by atoms with E-state index in [4.69, 9.17) is 18.6 Å². The zero-order chi connectivity index (χ0) is 10.4. The second-order valence-electron chi connectivity index (χ2n) is 2.95. The maximum absolute atomic E-state index is 8.49. The molecule has 0 saturated heterocycles. The first-order valence-corrected chi connectivity index (χ1v) is 4.79. The van der Waals surface area contributed by atoms with E-state index in [-0.39, 0.29) is 0 Å². The van der Waals surface area contributed by atoms with E-state index in [2.05, 4.69) is 27.9 Å². The summed E-state index contributed by atoms with van der Waals surface area (Å²) in [5.74, 6) is 0. The molecule has 0 amide bonds. The van der Waals surface area contributed by atoms with Gasteiger partial charge in [0.15, 0.2) is 0 Å². The quantitative estimate of drug-likeness (QED) is 0.431. The summed E-state index contributed by atoms with van der Waals surface area (Å²) in [7, 11) is -0.472. The summed E-state index contributed by atoms with van der Waals surface area (Å²) >= 11 is 0. The van der Waals surface area contributed by atoms with E-state index in [1.807, 2.05) is 0 Å². The van der Waals surface area contributed by atoms with Crippen LogP contribution in [0, 0.1) is 10.2 Å². The SMILES string of the molecule is CC[N+](C)(C)CC.[O-][Cl+3]([O-])([O-])[O-]. The summed E-state index contributed by atoms with van der Waals surface area (Å²) in [4.78, 5) is 0. The van der Waals surface area contributed by atoms with Crippen LogP contribution in [0.25, 0.3) is 0 Å². The van der Waals surface area contributed by atoms with Crippen molar-refractivity contribution in [1.82, 2.24) is 0 Å². The molecule has 0 spiro atoms. The van der Waals surface area contributed by atoms with Crippen LogP contribution < -0.4 is 18.6 Å². The first-order valence-electron chi connectivity index (χ1n) is 3.56. The number of rotatable bonds is 2. The van der Waals surface area contributed by atoms with E-state index in [1.54, 1.807) is 0 Å². The number of quaternary nitrogens is 1. The van der Waals surface area contributed by atoms with E-state index in [0.29, 0.717) is 0 Å². The Morgan fingerprint density at radius 1 is 0.917 bits per heavy atom. The van der Waals surface area contributed by atoms with Crippen molar-refractivity contribution >= 4 is 0 Å². The Morgan fingerprint density at radius 2 is 1.08 bits per heavy atom. The van der Waals surface area contributed by atoms with Crippen LogP contribution in [0.1, 0.15) is 13.8 Å². The van der Waals surface area contributed by atoms with Crippen molar-refractivity contribution < 1.29 is 33.4 Å². The molecule has 0 atom stereocenters. The zero-order valence-corrected chi connectivity index (χ0v) is 8.63. The van der Waals surface area contributed by atoms with Crippen molar-refractivity contribution in [2.45, 2.75) is 13.8 Å². The predicted octanol–water partition coefficient (Wildman–Crippen LogP) is -3.65. The van der Waals surface area contributed by atoms with E-state index < -0.39 is 10.2 Å². The van der Waals surface area contributed by atoms with Gasteiger partial charge in [0.2, 0.25) is 0 Å². The maximum Gasteiger partial charge on any atom is 0.0753 e. The molecule has 0 radical (unpaired) electrons. The lowest BCUT2D eigenvalue weighted by atomic mass is 10.5. The third-order valence-corrected chi connectivity index (χ3v) is 1.71. The fraction of sp³-hybridized carbons (Fsp3) is 1.00.